The van der Waals surface area contributed by atoms with Crippen molar-refractivity contribution in [2.24, 2.45) is 0 Å². The number of hydrogen-bond acceptors (Lipinski definition) is 5. The predicted molar refractivity (Wildman–Crippen MR) is 110 cm³/mol. The van der Waals surface area contributed by atoms with Gasteiger partial charge in [0.25, 0.3) is 0 Å². The number of rotatable bonds is 7. The summed E-state index contributed by atoms with van der Waals surface area (Å²) in [5, 5.41) is 2.85. The first-order valence-corrected chi connectivity index (χ1v) is 10.1. The number of thioether (sulfide) groups is 1. The number of methoxy groups -OCH3 is 2. The van der Waals surface area contributed by atoms with Crippen LogP contribution in [0.3, 0.4) is 0 Å². The summed E-state index contributed by atoms with van der Waals surface area (Å²) in [6.45, 7) is 1.01. The first-order chi connectivity index (χ1) is 13.6. The van der Waals surface area contributed by atoms with E-state index in [9.17, 15) is 9.59 Å². The largest absolute Gasteiger partial charge is 0.497 e. The zero-order chi connectivity index (χ0) is 19.9. The smallest absolute Gasteiger partial charge is 0.227 e. The van der Waals surface area contributed by atoms with Gasteiger partial charge in [0.05, 0.1) is 19.9 Å². The van der Waals surface area contributed by atoms with E-state index in [0.717, 1.165) is 21.9 Å². The van der Waals surface area contributed by atoms with E-state index in [1.54, 1.807) is 36.9 Å². The van der Waals surface area contributed by atoms with Gasteiger partial charge in [-0.2, -0.15) is 0 Å². The molecule has 2 aromatic carbocycles. The highest BCUT2D eigenvalue weighted by atomic mass is 32.2. The van der Waals surface area contributed by atoms with Crippen molar-refractivity contribution in [2.45, 2.75) is 24.3 Å². The van der Waals surface area contributed by atoms with Gasteiger partial charge in [-0.1, -0.05) is 12.1 Å². The molecule has 0 atom stereocenters. The van der Waals surface area contributed by atoms with Crippen molar-refractivity contribution in [2.75, 3.05) is 31.4 Å². The van der Waals surface area contributed by atoms with E-state index in [2.05, 4.69) is 5.32 Å². The van der Waals surface area contributed by atoms with Crippen molar-refractivity contribution in [1.82, 2.24) is 5.32 Å². The van der Waals surface area contributed by atoms with Crippen molar-refractivity contribution in [3.05, 3.63) is 48.0 Å². The number of carbonyl (C=O) groups excluding carboxylic acids is 2. The lowest BCUT2D eigenvalue weighted by Crippen LogP contribution is -2.36. The quantitative estimate of drug-likeness (QED) is 0.773. The third-order valence-electron chi connectivity index (χ3n) is 4.57. The van der Waals surface area contributed by atoms with Crippen LogP contribution in [-0.2, 0) is 16.1 Å². The summed E-state index contributed by atoms with van der Waals surface area (Å²) >= 11 is 1.75. The van der Waals surface area contributed by atoms with Crippen molar-refractivity contribution in [3.63, 3.8) is 0 Å². The molecule has 1 aliphatic rings. The second kappa shape index (κ2) is 9.50. The fraction of sp³-hybridized carbons (Fsp3) is 0.333. The van der Waals surface area contributed by atoms with Gasteiger partial charge in [-0.25, -0.2) is 0 Å². The minimum Gasteiger partial charge on any atom is -0.497 e. The number of anilines is 1. The maximum Gasteiger partial charge on any atom is 0.227 e. The maximum absolute atomic E-state index is 12.6. The van der Waals surface area contributed by atoms with Gasteiger partial charge in [-0.15, -0.1) is 11.8 Å². The molecule has 28 heavy (non-hydrogen) atoms. The van der Waals surface area contributed by atoms with Gasteiger partial charge in [-0.05, 0) is 24.3 Å². The Balaban J connectivity index is 1.52. The lowest BCUT2D eigenvalue weighted by molar-refractivity contribution is -0.125. The fourth-order valence-corrected chi connectivity index (χ4v) is 4.06. The van der Waals surface area contributed by atoms with Crippen molar-refractivity contribution >= 4 is 29.3 Å². The molecule has 2 aromatic rings. The highest BCUT2D eigenvalue weighted by Gasteiger charge is 2.22. The molecule has 0 fully saturated rings. The molecular formula is C21H24N2O4S. The molecule has 1 heterocycles. The van der Waals surface area contributed by atoms with E-state index in [1.807, 2.05) is 36.4 Å². The van der Waals surface area contributed by atoms with Crippen LogP contribution in [0.25, 0.3) is 0 Å². The Morgan fingerprint density at radius 2 is 1.93 bits per heavy atom. The fourth-order valence-electron chi connectivity index (χ4n) is 3.06. The lowest BCUT2D eigenvalue weighted by atomic mass is 10.1. The van der Waals surface area contributed by atoms with Crippen LogP contribution in [0.1, 0.15) is 18.4 Å². The number of nitrogens with one attached hydrogen (secondary N) is 1. The standard InChI is InChI=1S/C21H24N2O4S/c1-26-16-8-7-15(18(13-16)27-2)14-22-20(24)9-10-21(25)23-11-12-28-19-6-4-3-5-17(19)23/h3-8,13H,9-12,14H2,1-2H3,(H,22,24). The second-order valence-corrected chi connectivity index (χ2v) is 7.45. The maximum atomic E-state index is 12.6. The van der Waals surface area contributed by atoms with Crippen LogP contribution in [-0.4, -0.2) is 38.3 Å². The molecule has 0 saturated carbocycles. The summed E-state index contributed by atoms with van der Waals surface area (Å²) in [5.41, 5.74) is 1.79. The molecule has 0 aromatic heterocycles. The molecule has 6 nitrogen and oxygen atoms in total. The van der Waals surface area contributed by atoms with Crippen LogP contribution < -0.4 is 19.7 Å². The number of para-hydroxylation sites is 1. The van der Waals surface area contributed by atoms with Gasteiger partial charge in [-0.3, -0.25) is 9.59 Å². The molecule has 0 radical (unpaired) electrons. The van der Waals surface area contributed by atoms with Crippen molar-refractivity contribution < 1.29 is 19.1 Å². The Morgan fingerprint density at radius 3 is 2.71 bits per heavy atom. The average Bonchev–Trinajstić information content (AvgIpc) is 2.75. The molecule has 0 bridgehead atoms. The van der Waals surface area contributed by atoms with Gasteiger partial charge < -0.3 is 19.7 Å². The molecule has 0 aliphatic carbocycles. The molecule has 2 amide bonds. The van der Waals surface area contributed by atoms with E-state index in [4.69, 9.17) is 9.47 Å². The molecule has 1 aliphatic heterocycles. The van der Waals surface area contributed by atoms with E-state index in [0.29, 0.717) is 24.6 Å². The van der Waals surface area contributed by atoms with Crippen molar-refractivity contribution in [1.29, 1.82) is 0 Å². The molecule has 3 rings (SSSR count). The Bertz CT molecular complexity index is 856. The number of carbonyl (C=O) groups is 2. The van der Waals surface area contributed by atoms with Crippen LogP contribution in [0.4, 0.5) is 5.69 Å². The summed E-state index contributed by atoms with van der Waals surface area (Å²) in [5.74, 6) is 2.03. The molecule has 0 saturated heterocycles. The van der Waals surface area contributed by atoms with E-state index in [1.165, 1.54) is 0 Å². The Kier molecular flexibility index (Phi) is 6.81. The topological polar surface area (TPSA) is 67.9 Å². The van der Waals surface area contributed by atoms with Crippen LogP contribution in [0.2, 0.25) is 0 Å². The Hall–Kier alpha value is -2.67. The summed E-state index contributed by atoms with van der Waals surface area (Å²) in [7, 11) is 3.17. The monoisotopic (exact) mass is 400 g/mol. The highest BCUT2D eigenvalue weighted by Crippen LogP contribution is 2.34. The average molecular weight is 401 g/mol. The van der Waals surface area contributed by atoms with Crippen LogP contribution in [0, 0.1) is 0 Å². The second-order valence-electron chi connectivity index (χ2n) is 6.32. The minimum absolute atomic E-state index is 0.0232. The molecule has 0 spiro atoms. The third-order valence-corrected chi connectivity index (χ3v) is 5.61. The van der Waals surface area contributed by atoms with Gasteiger partial charge in [0.15, 0.2) is 0 Å². The number of amides is 2. The number of nitrogens with zero attached hydrogens (tertiary/aromatic N) is 1. The zero-order valence-electron chi connectivity index (χ0n) is 16.1. The van der Waals surface area contributed by atoms with Crippen LogP contribution >= 0.6 is 11.8 Å². The van der Waals surface area contributed by atoms with Gasteiger partial charge >= 0.3 is 0 Å². The van der Waals surface area contributed by atoms with E-state index in [-0.39, 0.29) is 24.7 Å². The Labute approximate surface area is 169 Å². The SMILES string of the molecule is COc1ccc(CNC(=O)CCC(=O)N2CCSc3ccccc32)c(OC)c1. The summed E-state index contributed by atoms with van der Waals surface area (Å²) < 4.78 is 10.5. The molecule has 1 N–H and O–H groups in total. The van der Waals surface area contributed by atoms with E-state index >= 15 is 0 Å². The molecule has 7 heteroatoms. The number of hydrogen-bond donors (Lipinski definition) is 1. The first kappa shape index (κ1) is 20.1. The predicted octanol–water partition coefficient (Wildman–Crippen LogP) is 3.24. The van der Waals surface area contributed by atoms with Crippen LogP contribution in [0.15, 0.2) is 47.4 Å². The van der Waals surface area contributed by atoms with Crippen LogP contribution in [0.5, 0.6) is 11.5 Å². The summed E-state index contributed by atoms with van der Waals surface area (Å²) in [6.07, 6.45) is 0.341. The van der Waals surface area contributed by atoms with Crippen molar-refractivity contribution in [3.8, 4) is 11.5 Å². The van der Waals surface area contributed by atoms with Gasteiger partial charge in [0, 0.05) is 48.2 Å². The third kappa shape index (κ3) is 4.78. The Morgan fingerprint density at radius 1 is 1.11 bits per heavy atom. The highest BCUT2D eigenvalue weighted by molar-refractivity contribution is 7.99. The number of benzene rings is 2. The molecular weight excluding hydrogens is 376 g/mol. The zero-order valence-corrected chi connectivity index (χ0v) is 16.9. The minimum atomic E-state index is -0.161. The van der Waals surface area contributed by atoms with Gasteiger partial charge in [0.2, 0.25) is 11.8 Å². The number of fused-ring (bicyclic) bond motifs is 1. The van der Waals surface area contributed by atoms with E-state index < -0.39 is 0 Å². The summed E-state index contributed by atoms with van der Waals surface area (Å²) in [6, 6.07) is 13.3. The normalized spacial score (nSPS) is 12.9. The van der Waals surface area contributed by atoms with Gasteiger partial charge in [0.1, 0.15) is 11.5 Å². The first-order valence-electron chi connectivity index (χ1n) is 9.12. The lowest BCUT2D eigenvalue weighted by Gasteiger charge is -2.29. The molecule has 148 valence electrons. The summed E-state index contributed by atoms with van der Waals surface area (Å²) in [4.78, 5) is 27.7. The molecule has 0 unspecified atom stereocenters. The number of ether oxygens (including phenoxy) is 2.